The van der Waals surface area contributed by atoms with E-state index in [9.17, 15) is 4.79 Å². The number of methoxy groups -OCH3 is 2. The molecule has 3 atom stereocenters. The lowest BCUT2D eigenvalue weighted by Gasteiger charge is -2.41. The maximum atomic E-state index is 13.5. The zero-order valence-corrected chi connectivity index (χ0v) is 36.0. The van der Waals surface area contributed by atoms with Gasteiger partial charge in [0.2, 0.25) is 0 Å². The molecule has 0 bridgehead atoms. The smallest absolute Gasteiger partial charge is 0.309 e. The van der Waals surface area contributed by atoms with Gasteiger partial charge in [-0.05, 0) is 96.2 Å². The van der Waals surface area contributed by atoms with Crippen molar-refractivity contribution in [3.8, 4) is 23.0 Å². The maximum Gasteiger partial charge on any atom is 0.309 e. The molecule has 0 N–H and O–H groups in total. The predicted octanol–water partition coefficient (Wildman–Crippen LogP) is 10.6. The van der Waals surface area contributed by atoms with Crippen LogP contribution >= 0.6 is 0 Å². The highest BCUT2D eigenvalue weighted by Gasteiger charge is 2.48. The second-order valence-electron chi connectivity index (χ2n) is 18.0. The van der Waals surface area contributed by atoms with Gasteiger partial charge in [-0.15, -0.1) is 0 Å². The van der Waals surface area contributed by atoms with Crippen molar-refractivity contribution in [1.82, 2.24) is 0 Å². The van der Waals surface area contributed by atoms with E-state index < -0.39 is 30.9 Å². The van der Waals surface area contributed by atoms with Gasteiger partial charge in [-0.1, -0.05) is 74.4 Å². The van der Waals surface area contributed by atoms with Crippen molar-refractivity contribution in [3.63, 3.8) is 0 Å². The summed E-state index contributed by atoms with van der Waals surface area (Å²) in [6.07, 6.45) is 0.127. The molecule has 1 saturated heterocycles. The van der Waals surface area contributed by atoms with E-state index in [2.05, 4.69) is 108 Å². The van der Waals surface area contributed by atoms with E-state index >= 15 is 0 Å². The first-order chi connectivity index (χ1) is 21.7. The highest BCUT2D eigenvalue weighted by molar-refractivity contribution is 6.75. The summed E-state index contributed by atoms with van der Waals surface area (Å²) >= 11 is 0. The molecule has 1 heterocycles. The largest absolute Gasteiger partial charge is 0.541 e. The summed E-state index contributed by atoms with van der Waals surface area (Å²) in [5.74, 6) is 2.03. The molecule has 7 nitrogen and oxygen atoms in total. The Hall–Kier alpha value is -2.28. The number of esters is 1. The molecule has 10 heteroatoms. The van der Waals surface area contributed by atoms with E-state index in [-0.39, 0.29) is 39.7 Å². The van der Waals surface area contributed by atoms with Gasteiger partial charge in [0.15, 0.2) is 19.8 Å². The highest BCUT2D eigenvalue weighted by atomic mass is 28.4. The fraction of sp³-hybridized carbons (Fsp3) is 0.658. The molecule has 1 aliphatic heterocycles. The second-order valence-corrected chi connectivity index (χ2v) is 32.2. The minimum atomic E-state index is -2.29. The summed E-state index contributed by atoms with van der Waals surface area (Å²) in [5.41, 5.74) is 1.95. The number of hydrogen-bond donors (Lipinski definition) is 0. The van der Waals surface area contributed by atoms with Crippen molar-refractivity contribution >= 4 is 30.9 Å². The van der Waals surface area contributed by atoms with Gasteiger partial charge in [0.25, 0.3) is 16.6 Å². The van der Waals surface area contributed by atoms with Crippen LogP contribution in [0.1, 0.15) is 79.5 Å². The normalized spacial score (nSPS) is 18.7. The van der Waals surface area contributed by atoms with Crippen LogP contribution in [0.3, 0.4) is 0 Å². The average Bonchev–Trinajstić information content (AvgIpc) is 3.29. The number of carbonyl (C=O) groups is 1. The van der Waals surface area contributed by atoms with Gasteiger partial charge in [0.05, 0.1) is 32.8 Å². The van der Waals surface area contributed by atoms with E-state index in [0.717, 1.165) is 22.6 Å². The Morgan fingerprint density at radius 2 is 1.15 bits per heavy atom. The van der Waals surface area contributed by atoms with Crippen LogP contribution in [-0.4, -0.2) is 51.7 Å². The van der Waals surface area contributed by atoms with E-state index in [1.54, 1.807) is 14.2 Å². The third kappa shape index (κ3) is 8.89. The molecule has 48 heavy (non-hydrogen) atoms. The SMILES string of the molecule is COc1cc(C[C@H]2C(=O)OC[C@@H]2[C@H](O[Si](C)(C)C(C)(C)C)c2ccc(O[Si](C)(C)C(C)(C)C)c(OC)c2)ccc1O[Si](C)(C)C(C)(C)C. The highest BCUT2D eigenvalue weighted by Crippen LogP contribution is 2.48. The molecule has 2 aromatic rings. The van der Waals surface area contributed by atoms with Crippen molar-refractivity contribution in [3.05, 3.63) is 47.5 Å². The first-order valence-corrected chi connectivity index (χ1v) is 26.0. The van der Waals surface area contributed by atoms with Crippen molar-refractivity contribution < 1.29 is 32.3 Å². The lowest BCUT2D eigenvalue weighted by atomic mass is 9.83. The molecule has 0 spiro atoms. The number of hydrogen-bond acceptors (Lipinski definition) is 7. The molecule has 2 aromatic carbocycles. The Balaban J connectivity index is 2.04. The van der Waals surface area contributed by atoms with Gasteiger partial charge < -0.3 is 27.5 Å². The number of cyclic esters (lactones) is 1. The van der Waals surface area contributed by atoms with Crippen LogP contribution in [0.5, 0.6) is 23.0 Å². The molecule has 0 saturated carbocycles. The molecular weight excluding hydrogens is 653 g/mol. The predicted molar refractivity (Wildman–Crippen MR) is 204 cm³/mol. The summed E-state index contributed by atoms with van der Waals surface area (Å²) in [6, 6.07) is 12.2. The molecule has 0 amide bonds. The Morgan fingerprint density at radius 3 is 1.60 bits per heavy atom. The molecule has 0 aliphatic carbocycles. The van der Waals surface area contributed by atoms with E-state index in [1.807, 2.05) is 30.3 Å². The number of benzene rings is 2. The third-order valence-electron chi connectivity index (χ3n) is 11.4. The molecule has 1 aliphatic rings. The molecule has 0 aromatic heterocycles. The Bertz CT molecular complexity index is 1430. The number of ether oxygens (including phenoxy) is 3. The van der Waals surface area contributed by atoms with Gasteiger partial charge in [0.1, 0.15) is 11.5 Å². The zero-order valence-electron chi connectivity index (χ0n) is 33.0. The first kappa shape index (κ1) is 40.2. The van der Waals surface area contributed by atoms with Gasteiger partial charge in [-0.2, -0.15) is 0 Å². The topological polar surface area (TPSA) is 72.5 Å². The standard InChI is InChI=1S/C38H64O7Si3/c1-36(2,3)46(12,13)43-30-20-18-26(23-32(30)40-10)22-28-29(25-42-35(28)39)34(45-48(16,17)38(7,8)9)27-19-21-31(33(24-27)41-11)44-47(14,15)37(4,5)6/h18-21,23-24,28-29,34H,22,25H2,1-17H3/t28-,29+,34-/m1/s1. The van der Waals surface area contributed by atoms with Gasteiger partial charge >= 0.3 is 5.97 Å². The van der Waals surface area contributed by atoms with Gasteiger partial charge in [-0.25, -0.2) is 0 Å². The van der Waals surface area contributed by atoms with Crippen molar-refractivity contribution in [1.29, 1.82) is 0 Å². The monoisotopic (exact) mass is 716 g/mol. The number of rotatable bonds is 12. The maximum absolute atomic E-state index is 13.5. The Morgan fingerprint density at radius 1 is 0.688 bits per heavy atom. The van der Waals surface area contributed by atoms with Crippen LogP contribution in [0.15, 0.2) is 36.4 Å². The Kier molecular flexibility index (Phi) is 11.8. The lowest BCUT2D eigenvalue weighted by Crippen LogP contribution is -2.44. The summed E-state index contributed by atoms with van der Waals surface area (Å²) in [7, 11) is -3.14. The summed E-state index contributed by atoms with van der Waals surface area (Å²) < 4.78 is 38.1. The zero-order chi connectivity index (χ0) is 36.7. The molecule has 3 rings (SSSR count). The third-order valence-corrected chi connectivity index (χ3v) is 24.5. The van der Waals surface area contributed by atoms with Crippen LogP contribution in [0.4, 0.5) is 0 Å². The molecule has 0 radical (unpaired) electrons. The average molecular weight is 717 g/mol. The van der Waals surface area contributed by atoms with Crippen LogP contribution < -0.4 is 18.3 Å². The summed E-state index contributed by atoms with van der Waals surface area (Å²) in [4.78, 5) is 13.5. The fourth-order valence-corrected chi connectivity index (χ4v) is 8.33. The summed E-state index contributed by atoms with van der Waals surface area (Å²) in [5, 5.41) is 0.0542. The fourth-order valence-electron chi connectivity index (χ4n) is 4.98. The van der Waals surface area contributed by atoms with Crippen LogP contribution in [0.25, 0.3) is 0 Å². The molecule has 1 fully saturated rings. The van der Waals surface area contributed by atoms with Crippen LogP contribution in [0.2, 0.25) is 54.4 Å². The van der Waals surface area contributed by atoms with E-state index in [0.29, 0.717) is 17.9 Å². The quantitative estimate of drug-likeness (QED) is 0.160. The van der Waals surface area contributed by atoms with E-state index in [1.165, 1.54) is 0 Å². The van der Waals surface area contributed by atoms with Crippen molar-refractivity contribution in [2.24, 2.45) is 11.8 Å². The molecule has 0 unspecified atom stereocenters. The minimum absolute atomic E-state index is 0.0347. The first-order valence-electron chi connectivity index (χ1n) is 17.3. The van der Waals surface area contributed by atoms with E-state index in [4.69, 9.17) is 27.5 Å². The number of carbonyl (C=O) groups excluding carboxylic acids is 1. The van der Waals surface area contributed by atoms with Crippen LogP contribution in [-0.2, 0) is 20.4 Å². The molecular formula is C38H64O7Si3. The summed E-state index contributed by atoms with van der Waals surface area (Å²) in [6.45, 7) is 33.8. The van der Waals surface area contributed by atoms with Crippen molar-refractivity contribution in [2.45, 2.75) is 129 Å². The second kappa shape index (κ2) is 14.2. The molecule has 270 valence electrons. The lowest BCUT2D eigenvalue weighted by molar-refractivity contribution is -0.141. The van der Waals surface area contributed by atoms with Gasteiger partial charge in [-0.3, -0.25) is 4.79 Å². The minimum Gasteiger partial charge on any atom is -0.541 e. The van der Waals surface area contributed by atoms with Crippen LogP contribution in [0, 0.1) is 11.8 Å². The Labute approximate surface area is 294 Å². The van der Waals surface area contributed by atoms with Gasteiger partial charge in [0, 0.05) is 5.92 Å². The van der Waals surface area contributed by atoms with Crippen molar-refractivity contribution in [2.75, 3.05) is 20.8 Å².